The van der Waals surface area contributed by atoms with E-state index in [1.165, 1.54) is 6.42 Å². The van der Waals surface area contributed by atoms with Crippen molar-refractivity contribution < 1.29 is 8.42 Å². The van der Waals surface area contributed by atoms with Gasteiger partial charge < -0.3 is 10.6 Å². The summed E-state index contributed by atoms with van der Waals surface area (Å²) in [5.41, 5.74) is 7.55. The van der Waals surface area contributed by atoms with Crippen LogP contribution in [-0.2, 0) is 10.0 Å². The van der Waals surface area contributed by atoms with Crippen LogP contribution in [0.2, 0.25) is 0 Å². The maximum Gasteiger partial charge on any atom is 0.240 e. The van der Waals surface area contributed by atoms with Crippen LogP contribution < -0.4 is 15.4 Å². The van der Waals surface area contributed by atoms with Crippen molar-refractivity contribution >= 4 is 21.4 Å². The van der Waals surface area contributed by atoms with Crippen molar-refractivity contribution in [2.45, 2.75) is 44.6 Å². The minimum Gasteiger partial charge on any atom is -0.397 e. The van der Waals surface area contributed by atoms with Gasteiger partial charge in [0.25, 0.3) is 0 Å². The summed E-state index contributed by atoms with van der Waals surface area (Å²) in [7, 11) is -3.45. The summed E-state index contributed by atoms with van der Waals surface area (Å²) in [5.74, 6) is 0.592. The number of nitrogens with zero attached hydrogens (tertiary/aromatic N) is 1. The second-order valence-corrected chi connectivity index (χ2v) is 7.67. The molecule has 0 amide bonds. The molecule has 0 aliphatic carbocycles. The second-order valence-electron chi connectivity index (χ2n) is 5.91. The molecule has 0 aromatic heterocycles. The van der Waals surface area contributed by atoms with Crippen LogP contribution in [0.4, 0.5) is 11.4 Å². The molecule has 2 atom stereocenters. The normalized spacial score (nSPS) is 23.3. The number of hydrogen-bond acceptors (Lipinski definition) is 4. The van der Waals surface area contributed by atoms with Crippen LogP contribution in [0.15, 0.2) is 23.1 Å². The minimum absolute atomic E-state index is 0.277. The Morgan fingerprint density at radius 1 is 1.33 bits per heavy atom. The van der Waals surface area contributed by atoms with Gasteiger partial charge in [-0.3, -0.25) is 0 Å². The topological polar surface area (TPSA) is 75.4 Å². The van der Waals surface area contributed by atoms with E-state index in [1.807, 2.05) is 0 Å². The molecule has 1 aliphatic rings. The summed E-state index contributed by atoms with van der Waals surface area (Å²) in [6.07, 6.45) is 2.30. The fourth-order valence-corrected chi connectivity index (χ4v) is 3.90. The number of hydrogen-bond donors (Lipinski definition) is 2. The van der Waals surface area contributed by atoms with Crippen LogP contribution in [0.3, 0.4) is 0 Å². The number of sulfonamides is 1. The zero-order valence-corrected chi connectivity index (χ0v) is 13.8. The molecule has 1 heterocycles. The number of nitrogens with two attached hydrogens (primary N) is 1. The smallest absolute Gasteiger partial charge is 0.240 e. The van der Waals surface area contributed by atoms with E-state index in [2.05, 4.69) is 23.5 Å². The summed E-state index contributed by atoms with van der Waals surface area (Å²) in [6.45, 7) is 7.44. The fraction of sp³-hybridized carbons (Fsp3) is 0.600. The van der Waals surface area contributed by atoms with E-state index in [0.29, 0.717) is 24.2 Å². The van der Waals surface area contributed by atoms with Crippen molar-refractivity contribution in [2.24, 2.45) is 5.92 Å². The zero-order valence-electron chi connectivity index (χ0n) is 13.0. The molecule has 118 valence electrons. The van der Waals surface area contributed by atoms with Gasteiger partial charge >= 0.3 is 0 Å². The van der Waals surface area contributed by atoms with E-state index >= 15 is 0 Å². The molecule has 0 radical (unpaired) electrons. The van der Waals surface area contributed by atoms with E-state index < -0.39 is 10.0 Å². The number of rotatable bonds is 4. The number of anilines is 2. The van der Waals surface area contributed by atoms with Crippen LogP contribution in [0, 0.1) is 5.92 Å². The third kappa shape index (κ3) is 3.49. The molecule has 6 heteroatoms. The third-order valence-corrected chi connectivity index (χ3v) is 5.62. The SMILES string of the molecule is CCNS(=O)(=O)c1ccc(N)c(N2CC(C)CCC2C)c1. The van der Waals surface area contributed by atoms with Crippen LogP contribution in [0.5, 0.6) is 0 Å². The molecule has 5 nitrogen and oxygen atoms in total. The Morgan fingerprint density at radius 3 is 2.71 bits per heavy atom. The largest absolute Gasteiger partial charge is 0.397 e. The molecule has 2 rings (SSSR count). The van der Waals surface area contributed by atoms with E-state index in [1.54, 1.807) is 25.1 Å². The Labute approximate surface area is 127 Å². The van der Waals surface area contributed by atoms with E-state index in [4.69, 9.17) is 5.73 Å². The standard InChI is InChI=1S/C15H25N3O2S/c1-4-17-21(19,20)13-7-8-14(16)15(9-13)18-10-11(2)5-6-12(18)3/h7-9,11-12,17H,4-6,10,16H2,1-3H3. The molecule has 2 unspecified atom stereocenters. The number of nitrogens with one attached hydrogen (secondary N) is 1. The van der Waals surface area contributed by atoms with Crippen LogP contribution in [-0.4, -0.2) is 27.5 Å². The van der Waals surface area contributed by atoms with Crippen LogP contribution in [0.1, 0.15) is 33.6 Å². The first-order chi connectivity index (χ1) is 9.85. The minimum atomic E-state index is -3.45. The van der Waals surface area contributed by atoms with Gasteiger partial charge in [-0.2, -0.15) is 0 Å². The Hall–Kier alpha value is -1.27. The van der Waals surface area contributed by atoms with Crippen LogP contribution in [0.25, 0.3) is 0 Å². The number of piperidine rings is 1. The Balaban J connectivity index is 2.39. The van der Waals surface area contributed by atoms with Crippen LogP contribution >= 0.6 is 0 Å². The van der Waals surface area contributed by atoms with Gasteiger partial charge in [-0.25, -0.2) is 13.1 Å². The summed E-state index contributed by atoms with van der Waals surface area (Å²) >= 11 is 0. The van der Waals surface area contributed by atoms with Gasteiger partial charge in [0.05, 0.1) is 16.3 Å². The Morgan fingerprint density at radius 2 is 2.05 bits per heavy atom. The predicted octanol–water partition coefficient (Wildman–Crippen LogP) is 2.19. The number of nitrogen functional groups attached to an aromatic ring is 1. The van der Waals surface area contributed by atoms with Crippen molar-refractivity contribution in [3.8, 4) is 0 Å². The summed E-state index contributed by atoms with van der Waals surface area (Å²) in [6, 6.07) is 5.32. The maximum absolute atomic E-state index is 12.2. The molecule has 1 aliphatic heterocycles. The van der Waals surface area contributed by atoms with Crippen molar-refractivity contribution in [2.75, 3.05) is 23.7 Å². The lowest BCUT2D eigenvalue weighted by atomic mass is 9.94. The molecular formula is C15H25N3O2S. The van der Waals surface area contributed by atoms with Gasteiger partial charge in [0.15, 0.2) is 0 Å². The monoisotopic (exact) mass is 311 g/mol. The molecule has 21 heavy (non-hydrogen) atoms. The molecule has 1 fully saturated rings. The summed E-state index contributed by atoms with van der Waals surface area (Å²) < 4.78 is 26.8. The highest BCUT2D eigenvalue weighted by atomic mass is 32.2. The molecule has 0 saturated carbocycles. The van der Waals surface area contributed by atoms with Gasteiger partial charge in [-0.05, 0) is 43.9 Å². The first-order valence-corrected chi connectivity index (χ1v) is 8.99. The number of benzene rings is 1. The van der Waals surface area contributed by atoms with E-state index in [9.17, 15) is 8.42 Å². The van der Waals surface area contributed by atoms with Crippen molar-refractivity contribution in [3.05, 3.63) is 18.2 Å². The third-order valence-electron chi connectivity index (χ3n) is 4.07. The highest BCUT2D eigenvalue weighted by molar-refractivity contribution is 7.89. The van der Waals surface area contributed by atoms with E-state index in [-0.39, 0.29) is 4.90 Å². The summed E-state index contributed by atoms with van der Waals surface area (Å²) in [5, 5.41) is 0. The second kappa shape index (κ2) is 6.23. The summed E-state index contributed by atoms with van der Waals surface area (Å²) in [4.78, 5) is 2.51. The Bertz CT molecular complexity index is 601. The highest BCUT2D eigenvalue weighted by Gasteiger charge is 2.25. The van der Waals surface area contributed by atoms with Gasteiger partial charge in [0, 0.05) is 19.1 Å². The maximum atomic E-state index is 12.2. The average molecular weight is 311 g/mol. The van der Waals surface area contributed by atoms with Gasteiger partial charge in [0.2, 0.25) is 10.0 Å². The molecule has 0 bridgehead atoms. The molecule has 1 saturated heterocycles. The zero-order chi connectivity index (χ0) is 15.6. The van der Waals surface area contributed by atoms with E-state index in [0.717, 1.165) is 18.7 Å². The quantitative estimate of drug-likeness (QED) is 0.836. The lowest BCUT2D eigenvalue weighted by Crippen LogP contribution is -2.41. The highest BCUT2D eigenvalue weighted by Crippen LogP contribution is 2.33. The van der Waals surface area contributed by atoms with Gasteiger partial charge in [-0.1, -0.05) is 13.8 Å². The lowest BCUT2D eigenvalue weighted by Gasteiger charge is -2.39. The van der Waals surface area contributed by atoms with Crippen molar-refractivity contribution in [1.82, 2.24) is 4.72 Å². The Kier molecular flexibility index (Phi) is 4.78. The first kappa shape index (κ1) is 16.1. The average Bonchev–Trinajstić information content (AvgIpc) is 2.42. The predicted molar refractivity (Wildman–Crippen MR) is 86.9 cm³/mol. The molecule has 1 aromatic carbocycles. The van der Waals surface area contributed by atoms with Crippen molar-refractivity contribution in [3.63, 3.8) is 0 Å². The molecule has 3 N–H and O–H groups in total. The van der Waals surface area contributed by atoms with Gasteiger partial charge in [-0.15, -0.1) is 0 Å². The molecule has 0 spiro atoms. The molecule has 1 aromatic rings. The molecular weight excluding hydrogens is 286 g/mol. The lowest BCUT2D eigenvalue weighted by molar-refractivity contribution is 0.390. The first-order valence-electron chi connectivity index (χ1n) is 7.51. The van der Waals surface area contributed by atoms with Gasteiger partial charge in [0.1, 0.15) is 0 Å². The fourth-order valence-electron chi connectivity index (χ4n) is 2.84. The van der Waals surface area contributed by atoms with Crippen molar-refractivity contribution in [1.29, 1.82) is 0 Å².